The molecule has 5 nitrogen and oxygen atoms in total. The maximum absolute atomic E-state index is 12.2. The Morgan fingerprint density at radius 3 is 2.32 bits per heavy atom. The number of amides is 1. The van der Waals surface area contributed by atoms with Gasteiger partial charge < -0.3 is 15.3 Å². The van der Waals surface area contributed by atoms with E-state index in [0.717, 1.165) is 56.9 Å². The predicted molar refractivity (Wildman–Crippen MR) is 111 cm³/mol. The third kappa shape index (κ3) is 6.62. The molecule has 1 aromatic carbocycles. The molecule has 2 aliphatic rings. The average Bonchev–Trinajstić information content (AvgIpc) is 2.73. The minimum atomic E-state index is -0.656. The molecule has 1 amide bonds. The Bertz CT molecular complexity index is 630. The topological polar surface area (TPSA) is 69.6 Å². The van der Waals surface area contributed by atoms with Crippen LogP contribution in [-0.4, -0.2) is 41.5 Å². The molecular weight excluding hydrogens is 352 g/mol. The zero-order valence-electron chi connectivity index (χ0n) is 16.9. The fourth-order valence-electron chi connectivity index (χ4n) is 4.48. The molecule has 2 fully saturated rings. The number of carboxylic acid groups (broad SMARTS) is 1. The minimum absolute atomic E-state index is 0.125. The van der Waals surface area contributed by atoms with Gasteiger partial charge in [-0.1, -0.05) is 44.2 Å². The van der Waals surface area contributed by atoms with Gasteiger partial charge in [-0.3, -0.25) is 9.59 Å². The van der Waals surface area contributed by atoms with Crippen LogP contribution in [-0.2, 0) is 16.0 Å². The van der Waals surface area contributed by atoms with Gasteiger partial charge in [0.05, 0.1) is 5.92 Å². The third-order valence-electron chi connectivity index (χ3n) is 6.40. The number of carbonyl (C=O) groups excluding carboxylic acids is 1. The normalized spacial score (nSPS) is 19.4. The van der Waals surface area contributed by atoms with Crippen LogP contribution in [0, 0.1) is 11.8 Å². The van der Waals surface area contributed by atoms with Crippen molar-refractivity contribution in [1.82, 2.24) is 4.90 Å². The van der Waals surface area contributed by atoms with E-state index in [1.54, 1.807) is 0 Å². The smallest absolute Gasteiger partial charge is 0.306 e. The summed E-state index contributed by atoms with van der Waals surface area (Å²) in [6, 6.07) is 8.15. The molecule has 0 spiro atoms. The van der Waals surface area contributed by atoms with E-state index < -0.39 is 5.97 Å². The highest BCUT2D eigenvalue weighted by molar-refractivity contribution is 5.90. The Kier molecular flexibility index (Phi) is 7.90. The Hall–Kier alpha value is -1.88. The van der Waals surface area contributed by atoms with E-state index in [1.807, 2.05) is 12.1 Å². The van der Waals surface area contributed by atoms with Gasteiger partial charge in [-0.05, 0) is 62.4 Å². The largest absolute Gasteiger partial charge is 0.481 e. The third-order valence-corrected chi connectivity index (χ3v) is 6.40. The Labute approximate surface area is 168 Å². The fourth-order valence-corrected chi connectivity index (χ4v) is 4.48. The van der Waals surface area contributed by atoms with E-state index in [-0.39, 0.29) is 11.8 Å². The lowest BCUT2D eigenvalue weighted by Gasteiger charge is -2.29. The first-order valence-electron chi connectivity index (χ1n) is 10.9. The molecule has 5 heteroatoms. The summed E-state index contributed by atoms with van der Waals surface area (Å²) < 4.78 is 0. The maximum atomic E-state index is 12.2. The summed E-state index contributed by atoms with van der Waals surface area (Å²) in [6.07, 6.45) is 10.7. The number of anilines is 1. The molecule has 0 aromatic heterocycles. The van der Waals surface area contributed by atoms with Gasteiger partial charge in [-0.2, -0.15) is 0 Å². The lowest BCUT2D eigenvalue weighted by Crippen LogP contribution is -2.37. The number of nitrogens with zero attached hydrogens (tertiary/aromatic N) is 1. The fraction of sp³-hybridized carbons (Fsp3) is 0.652. The van der Waals surface area contributed by atoms with E-state index in [0.29, 0.717) is 6.42 Å². The summed E-state index contributed by atoms with van der Waals surface area (Å²) in [5.74, 6) is 0.0374. The van der Waals surface area contributed by atoms with Crippen molar-refractivity contribution in [3.05, 3.63) is 29.8 Å². The highest BCUT2D eigenvalue weighted by atomic mass is 16.4. The standard InChI is InChI=1S/C23H34N2O3/c26-22(11-8-18-4-2-1-3-5-18)24-21-9-6-19(7-10-21)12-15-25-16-13-20(14-17-25)23(27)28/h6-7,9-10,18,20H,1-5,8,11-17H2,(H,24,26)(H,27,28). The number of piperidine rings is 1. The zero-order chi connectivity index (χ0) is 19.8. The van der Waals surface area contributed by atoms with Gasteiger partial charge in [-0.15, -0.1) is 0 Å². The summed E-state index contributed by atoms with van der Waals surface area (Å²) in [4.78, 5) is 25.6. The van der Waals surface area contributed by atoms with Gasteiger partial charge in [0.25, 0.3) is 0 Å². The van der Waals surface area contributed by atoms with Gasteiger partial charge in [-0.25, -0.2) is 0 Å². The van der Waals surface area contributed by atoms with E-state index in [2.05, 4.69) is 22.3 Å². The number of hydrogen-bond acceptors (Lipinski definition) is 3. The first-order valence-corrected chi connectivity index (χ1v) is 10.9. The summed E-state index contributed by atoms with van der Waals surface area (Å²) in [5, 5.41) is 12.1. The first kappa shape index (κ1) is 20.8. The highest BCUT2D eigenvalue weighted by Crippen LogP contribution is 2.27. The van der Waals surface area contributed by atoms with Crippen molar-refractivity contribution < 1.29 is 14.7 Å². The van der Waals surface area contributed by atoms with Crippen LogP contribution < -0.4 is 5.32 Å². The van der Waals surface area contributed by atoms with E-state index in [4.69, 9.17) is 5.11 Å². The summed E-state index contributed by atoms with van der Waals surface area (Å²) >= 11 is 0. The van der Waals surface area contributed by atoms with Crippen LogP contribution in [0.4, 0.5) is 5.69 Å². The molecule has 154 valence electrons. The average molecular weight is 387 g/mol. The highest BCUT2D eigenvalue weighted by Gasteiger charge is 2.24. The second kappa shape index (κ2) is 10.6. The molecule has 1 aromatic rings. The Morgan fingerprint density at radius 1 is 1.00 bits per heavy atom. The number of rotatable bonds is 8. The van der Waals surface area contributed by atoms with Crippen LogP contribution in [0.15, 0.2) is 24.3 Å². The number of likely N-dealkylation sites (tertiary alicyclic amines) is 1. The van der Waals surface area contributed by atoms with Crippen molar-refractivity contribution in [3.8, 4) is 0 Å². The monoisotopic (exact) mass is 386 g/mol. The lowest BCUT2D eigenvalue weighted by atomic mass is 9.86. The molecular formula is C23H34N2O3. The molecule has 28 heavy (non-hydrogen) atoms. The number of benzene rings is 1. The number of aliphatic carboxylic acids is 1. The van der Waals surface area contributed by atoms with Crippen LogP contribution in [0.1, 0.15) is 63.4 Å². The number of carbonyl (C=O) groups is 2. The van der Waals surface area contributed by atoms with Gasteiger partial charge in [0.1, 0.15) is 0 Å². The second-order valence-electron chi connectivity index (χ2n) is 8.49. The van der Waals surface area contributed by atoms with Gasteiger partial charge >= 0.3 is 5.97 Å². The van der Waals surface area contributed by atoms with Crippen LogP contribution in [0.25, 0.3) is 0 Å². The van der Waals surface area contributed by atoms with Crippen molar-refractivity contribution in [2.24, 2.45) is 11.8 Å². The Balaban J connectivity index is 1.35. The number of carboxylic acids is 1. The van der Waals surface area contributed by atoms with Crippen LogP contribution >= 0.6 is 0 Å². The molecule has 1 saturated carbocycles. The molecule has 0 radical (unpaired) electrons. The lowest BCUT2D eigenvalue weighted by molar-refractivity contribution is -0.143. The Morgan fingerprint density at radius 2 is 1.68 bits per heavy atom. The number of hydrogen-bond donors (Lipinski definition) is 2. The molecule has 0 bridgehead atoms. The molecule has 2 N–H and O–H groups in total. The second-order valence-corrected chi connectivity index (χ2v) is 8.49. The van der Waals surface area contributed by atoms with Crippen LogP contribution in [0.2, 0.25) is 0 Å². The molecule has 1 aliphatic heterocycles. The molecule has 1 saturated heterocycles. The van der Waals surface area contributed by atoms with Gasteiger partial charge in [0, 0.05) is 18.7 Å². The van der Waals surface area contributed by atoms with Crippen molar-refractivity contribution in [2.45, 2.75) is 64.2 Å². The SMILES string of the molecule is O=C(CCC1CCCCC1)Nc1ccc(CCN2CCC(C(=O)O)CC2)cc1. The van der Waals surface area contributed by atoms with E-state index >= 15 is 0 Å². The summed E-state index contributed by atoms with van der Waals surface area (Å²) in [7, 11) is 0. The summed E-state index contributed by atoms with van der Waals surface area (Å²) in [6.45, 7) is 2.69. The first-order chi connectivity index (χ1) is 13.6. The molecule has 0 unspecified atom stereocenters. The van der Waals surface area contributed by atoms with Crippen LogP contribution in [0.5, 0.6) is 0 Å². The van der Waals surface area contributed by atoms with Crippen molar-refractivity contribution in [3.63, 3.8) is 0 Å². The number of nitrogens with one attached hydrogen (secondary N) is 1. The molecule has 1 heterocycles. The molecule has 1 aliphatic carbocycles. The molecule has 3 rings (SSSR count). The van der Waals surface area contributed by atoms with Crippen molar-refractivity contribution in [2.75, 3.05) is 25.0 Å². The minimum Gasteiger partial charge on any atom is -0.481 e. The summed E-state index contributed by atoms with van der Waals surface area (Å²) in [5.41, 5.74) is 2.13. The quantitative estimate of drug-likeness (QED) is 0.698. The van der Waals surface area contributed by atoms with E-state index in [1.165, 1.54) is 37.7 Å². The van der Waals surface area contributed by atoms with Crippen molar-refractivity contribution in [1.29, 1.82) is 0 Å². The maximum Gasteiger partial charge on any atom is 0.306 e. The van der Waals surface area contributed by atoms with Gasteiger partial charge in [0.15, 0.2) is 0 Å². The van der Waals surface area contributed by atoms with E-state index in [9.17, 15) is 9.59 Å². The van der Waals surface area contributed by atoms with Crippen LogP contribution in [0.3, 0.4) is 0 Å². The zero-order valence-corrected chi connectivity index (χ0v) is 16.9. The van der Waals surface area contributed by atoms with Gasteiger partial charge in [0.2, 0.25) is 5.91 Å². The molecule has 0 atom stereocenters. The predicted octanol–water partition coefficient (Wildman–Crippen LogP) is 4.32. The van der Waals surface area contributed by atoms with Crippen molar-refractivity contribution >= 4 is 17.6 Å².